The van der Waals surface area contributed by atoms with Crippen molar-refractivity contribution in [2.45, 2.75) is 192 Å². The third-order valence-corrected chi connectivity index (χ3v) is 11.6. The second-order valence-electron chi connectivity index (χ2n) is 17.1. The number of carbonyl (C=O) groups excluding carboxylic acids is 2. The number of hydrogen-bond donors (Lipinski definition) is 8. The van der Waals surface area contributed by atoms with Crippen LogP contribution >= 0.6 is 0 Å². The number of amides is 2. The van der Waals surface area contributed by atoms with E-state index in [0.717, 1.165) is 64.7 Å². The van der Waals surface area contributed by atoms with Gasteiger partial charge in [0.15, 0.2) is 0 Å². The first kappa shape index (κ1) is 52.6. The largest absolute Gasteiger partial charge is 0.392 e. The van der Waals surface area contributed by atoms with Crippen LogP contribution in [0.2, 0.25) is 0 Å². The van der Waals surface area contributed by atoms with Gasteiger partial charge in [-0.15, -0.1) is 0 Å². The molecule has 1 saturated heterocycles. The number of unbranched alkanes of at least 4 members (excludes halogenated alkanes) is 16. The Labute approximate surface area is 342 Å². The van der Waals surface area contributed by atoms with Crippen LogP contribution in [0.15, 0.2) is 0 Å². The quantitative estimate of drug-likeness (QED) is 0.0401. The predicted molar refractivity (Wildman–Crippen MR) is 230 cm³/mol. The highest BCUT2D eigenvalue weighted by atomic mass is 16.3. The summed E-state index contributed by atoms with van der Waals surface area (Å²) in [6, 6.07) is 0. The highest BCUT2D eigenvalue weighted by Gasteiger charge is 2.23. The fourth-order valence-corrected chi connectivity index (χ4v) is 8.07. The molecule has 0 radical (unpaired) electrons. The monoisotopic (exact) mass is 799 g/mol. The van der Waals surface area contributed by atoms with Gasteiger partial charge in [0, 0.05) is 78.3 Å². The van der Waals surface area contributed by atoms with E-state index in [1.807, 2.05) is 0 Å². The Morgan fingerprint density at radius 3 is 1.11 bits per heavy atom. The van der Waals surface area contributed by atoms with Crippen LogP contribution in [0.1, 0.15) is 168 Å². The van der Waals surface area contributed by atoms with Crippen LogP contribution in [-0.4, -0.2) is 132 Å². The van der Waals surface area contributed by atoms with E-state index in [4.69, 9.17) is 11.5 Å². The van der Waals surface area contributed by atoms with Crippen molar-refractivity contribution in [2.75, 3.05) is 65.4 Å². The summed E-state index contributed by atoms with van der Waals surface area (Å²) in [6.45, 7) is 9.12. The van der Waals surface area contributed by atoms with E-state index >= 15 is 0 Å². The second-order valence-corrected chi connectivity index (χ2v) is 17.1. The summed E-state index contributed by atoms with van der Waals surface area (Å²) >= 11 is 0. The van der Waals surface area contributed by atoms with Crippen molar-refractivity contribution in [2.24, 2.45) is 23.3 Å². The number of piperazine rings is 1. The van der Waals surface area contributed by atoms with E-state index < -0.39 is 24.4 Å². The van der Waals surface area contributed by atoms with Crippen molar-refractivity contribution in [1.82, 2.24) is 20.4 Å². The Balaban J connectivity index is 2.30. The molecule has 12 nitrogen and oxygen atoms in total. The molecule has 0 aromatic carbocycles. The Morgan fingerprint density at radius 1 is 0.500 bits per heavy atom. The maximum atomic E-state index is 12.8. The molecule has 6 atom stereocenters. The molecule has 332 valence electrons. The zero-order chi connectivity index (χ0) is 41.2. The summed E-state index contributed by atoms with van der Waals surface area (Å²) in [5, 5.41) is 47.6. The molecular formula is C44H90N6O6. The second kappa shape index (κ2) is 35.6. The Hall–Kier alpha value is -1.38. The topological polar surface area (TPSA) is 198 Å². The van der Waals surface area contributed by atoms with Crippen LogP contribution in [0.5, 0.6) is 0 Å². The van der Waals surface area contributed by atoms with Gasteiger partial charge >= 0.3 is 0 Å². The lowest BCUT2D eigenvalue weighted by atomic mass is 9.91. The first-order valence-electron chi connectivity index (χ1n) is 23.2. The minimum Gasteiger partial charge on any atom is -0.392 e. The van der Waals surface area contributed by atoms with E-state index in [2.05, 4.69) is 34.3 Å². The number of hydrogen-bond acceptors (Lipinski definition) is 10. The number of rotatable bonds is 38. The van der Waals surface area contributed by atoms with Crippen LogP contribution in [-0.2, 0) is 9.59 Å². The Kier molecular flexibility index (Phi) is 33.4. The molecule has 1 rings (SSSR count). The third-order valence-electron chi connectivity index (χ3n) is 11.6. The molecule has 56 heavy (non-hydrogen) atoms. The average Bonchev–Trinajstić information content (AvgIpc) is 3.18. The minimum atomic E-state index is -0.688. The highest BCUT2D eigenvalue weighted by molar-refractivity contribution is 5.76. The molecule has 0 bridgehead atoms. The molecule has 12 heteroatoms. The maximum Gasteiger partial charge on any atom is 0.220 e. The van der Waals surface area contributed by atoms with Gasteiger partial charge in [0.1, 0.15) is 0 Å². The summed E-state index contributed by atoms with van der Waals surface area (Å²) in [6.07, 6.45) is 23.3. The van der Waals surface area contributed by atoms with E-state index in [1.54, 1.807) is 0 Å². The molecule has 0 saturated carbocycles. The molecule has 0 aliphatic carbocycles. The number of aliphatic hydroxyl groups excluding tert-OH is 4. The third kappa shape index (κ3) is 29.8. The molecule has 0 aromatic rings. The number of nitrogens with one attached hydrogen (secondary N) is 2. The van der Waals surface area contributed by atoms with E-state index in [9.17, 15) is 30.0 Å². The molecule has 0 aromatic heterocycles. The Bertz CT molecular complexity index is 854. The van der Waals surface area contributed by atoms with Gasteiger partial charge in [-0.05, 0) is 37.5 Å². The highest BCUT2D eigenvalue weighted by Crippen LogP contribution is 2.22. The van der Waals surface area contributed by atoms with Gasteiger partial charge in [0.2, 0.25) is 11.8 Å². The molecular weight excluding hydrogens is 709 g/mol. The zero-order valence-corrected chi connectivity index (χ0v) is 36.2. The number of nitrogens with two attached hydrogens (primary N) is 2. The maximum absolute atomic E-state index is 12.8. The number of carbonyl (C=O) groups is 2. The van der Waals surface area contributed by atoms with Gasteiger partial charge in [-0.1, -0.05) is 129 Å². The van der Waals surface area contributed by atoms with Gasteiger partial charge in [-0.3, -0.25) is 19.4 Å². The average molecular weight is 799 g/mol. The van der Waals surface area contributed by atoms with Crippen molar-refractivity contribution >= 4 is 11.8 Å². The lowest BCUT2D eigenvalue weighted by Gasteiger charge is -2.36. The van der Waals surface area contributed by atoms with E-state index in [0.29, 0.717) is 38.8 Å². The van der Waals surface area contributed by atoms with Gasteiger partial charge in [0.25, 0.3) is 0 Å². The molecule has 1 aliphatic heterocycles. The van der Waals surface area contributed by atoms with Crippen molar-refractivity contribution in [3.05, 3.63) is 0 Å². The summed E-state index contributed by atoms with van der Waals surface area (Å²) in [5.74, 6) is -0.0348. The van der Waals surface area contributed by atoms with Crippen molar-refractivity contribution in [3.8, 4) is 0 Å². The van der Waals surface area contributed by atoms with Crippen LogP contribution in [0.25, 0.3) is 0 Å². The first-order valence-corrected chi connectivity index (χ1v) is 23.2. The van der Waals surface area contributed by atoms with E-state index in [-0.39, 0.29) is 49.8 Å². The normalized spacial score (nSPS) is 17.3. The molecule has 6 unspecified atom stereocenters. The van der Waals surface area contributed by atoms with Gasteiger partial charge in [-0.25, -0.2) is 0 Å². The molecule has 1 aliphatic rings. The number of aliphatic hydroxyl groups is 4. The molecule has 0 spiro atoms. The fraction of sp³-hybridized carbons (Fsp3) is 0.955. The lowest BCUT2D eigenvalue weighted by molar-refractivity contribution is -0.123. The van der Waals surface area contributed by atoms with Crippen LogP contribution in [0, 0.1) is 11.8 Å². The SMILES string of the molecule is CCCCCCCCCCCC(CC(=O)NCC(O)CN1CCN(CC(O)CNC(=O)CC(CCCCCCCCCCC)CC(O)CN)CC1)CC(O)CN. The zero-order valence-electron chi connectivity index (χ0n) is 36.2. The van der Waals surface area contributed by atoms with Crippen LogP contribution < -0.4 is 22.1 Å². The smallest absolute Gasteiger partial charge is 0.220 e. The minimum absolute atomic E-state index is 0.0774. The number of β-amino-alcohol motifs (C(OH)–C–C–N with tert-alkyl or cyclic N) is 2. The van der Waals surface area contributed by atoms with Crippen molar-refractivity contribution in [1.29, 1.82) is 0 Å². The number of nitrogens with zero attached hydrogens (tertiary/aromatic N) is 2. The molecule has 10 N–H and O–H groups in total. The van der Waals surface area contributed by atoms with Crippen molar-refractivity contribution in [3.63, 3.8) is 0 Å². The summed E-state index contributed by atoms with van der Waals surface area (Å²) in [5.41, 5.74) is 11.3. The first-order chi connectivity index (χ1) is 27.1. The van der Waals surface area contributed by atoms with Gasteiger partial charge in [-0.2, -0.15) is 0 Å². The van der Waals surface area contributed by atoms with Crippen LogP contribution in [0.4, 0.5) is 0 Å². The summed E-state index contributed by atoms with van der Waals surface area (Å²) < 4.78 is 0. The molecule has 1 heterocycles. The van der Waals surface area contributed by atoms with Crippen LogP contribution in [0.3, 0.4) is 0 Å². The summed E-state index contributed by atoms with van der Waals surface area (Å²) in [7, 11) is 0. The van der Waals surface area contributed by atoms with E-state index in [1.165, 1.54) is 89.9 Å². The summed E-state index contributed by atoms with van der Waals surface area (Å²) in [4.78, 5) is 30.0. The van der Waals surface area contributed by atoms with Crippen molar-refractivity contribution < 1.29 is 30.0 Å². The fourth-order valence-electron chi connectivity index (χ4n) is 8.07. The Morgan fingerprint density at radius 2 is 0.804 bits per heavy atom. The van der Waals surface area contributed by atoms with Gasteiger partial charge in [0.05, 0.1) is 24.4 Å². The standard InChI is InChI=1S/C44H90N6O6/c1-3-5-7-9-11-13-15-17-19-21-37(27-39(51)31-45)29-43(55)47-33-41(53)35-49-23-25-50(26-24-49)36-42(54)34-48-44(56)30-38(28-40(52)32-46)22-20-18-16-14-12-10-8-6-4-2/h37-42,51-54H,3-36,45-46H2,1-2H3,(H,47,55)(H,48,56). The molecule has 1 fully saturated rings. The predicted octanol–water partition coefficient (Wildman–Crippen LogP) is 4.83. The van der Waals surface area contributed by atoms with Gasteiger partial charge < -0.3 is 42.5 Å². The lowest BCUT2D eigenvalue weighted by Crippen LogP contribution is -2.52. The molecule has 2 amide bonds.